The maximum absolute atomic E-state index is 13.8. The number of nitrogens with one attached hydrogen (secondary N) is 1. The van der Waals surface area contributed by atoms with E-state index in [1.165, 1.54) is 6.08 Å². The third kappa shape index (κ3) is 4.39. The summed E-state index contributed by atoms with van der Waals surface area (Å²) in [5, 5.41) is 12.8. The maximum Gasteiger partial charge on any atom is 0.338 e. The highest BCUT2D eigenvalue weighted by Crippen LogP contribution is 2.29. The van der Waals surface area contributed by atoms with Crippen LogP contribution in [0.3, 0.4) is 0 Å². The number of imidazole rings is 1. The number of nitrogens with zero attached hydrogens (tertiary/aromatic N) is 3. The number of rotatable bonds is 7. The number of ether oxygens (including phenoxy) is 1. The number of aryl methyl sites for hydroxylation is 2. The van der Waals surface area contributed by atoms with E-state index in [9.17, 15) is 9.90 Å². The molecule has 0 amide bonds. The van der Waals surface area contributed by atoms with Crippen LogP contribution < -0.4 is 15.7 Å². The van der Waals surface area contributed by atoms with Crippen LogP contribution in [-0.2, 0) is 0 Å². The van der Waals surface area contributed by atoms with Crippen molar-refractivity contribution < 1.29 is 9.84 Å². The largest absolute Gasteiger partial charge is 0.457 e. The summed E-state index contributed by atoms with van der Waals surface area (Å²) < 4.78 is 9.37. The number of aliphatic hydroxyl groups excluding tert-OH is 1. The van der Waals surface area contributed by atoms with Gasteiger partial charge in [0.25, 0.3) is 0 Å². The number of benzene rings is 3. The number of hydrogen-bond acceptors (Lipinski definition) is 5. The Morgan fingerprint density at radius 2 is 1.75 bits per heavy atom. The van der Waals surface area contributed by atoms with E-state index in [0.29, 0.717) is 28.1 Å². The Hall–Kier alpha value is -4.62. The molecule has 5 rings (SSSR count). The molecule has 0 radical (unpaired) electrons. The quantitative estimate of drug-likeness (QED) is 0.238. The number of fused-ring (bicyclic) bond motifs is 1. The lowest BCUT2D eigenvalue weighted by atomic mass is 10.2. The van der Waals surface area contributed by atoms with Crippen molar-refractivity contribution >= 4 is 16.7 Å². The average Bonchev–Trinajstić information content (AvgIpc) is 3.17. The summed E-state index contributed by atoms with van der Waals surface area (Å²) in [5.74, 6) is 1.48. The lowest BCUT2D eigenvalue weighted by Crippen LogP contribution is -2.22. The van der Waals surface area contributed by atoms with E-state index in [1.54, 1.807) is 21.5 Å². The van der Waals surface area contributed by atoms with Gasteiger partial charge in [-0.1, -0.05) is 24.8 Å². The van der Waals surface area contributed by atoms with Gasteiger partial charge in [-0.15, -0.1) is 0 Å². The molecule has 36 heavy (non-hydrogen) atoms. The minimum Gasteiger partial charge on any atom is -0.457 e. The molecule has 0 aliphatic carbocycles. The van der Waals surface area contributed by atoms with Crippen molar-refractivity contribution in [1.82, 2.24) is 14.1 Å². The summed E-state index contributed by atoms with van der Waals surface area (Å²) in [5.41, 5.74) is 5.21. The Morgan fingerprint density at radius 3 is 2.53 bits per heavy atom. The molecule has 0 saturated carbocycles. The highest BCUT2D eigenvalue weighted by molar-refractivity contribution is 5.79. The molecule has 0 saturated heterocycles. The molecule has 1 atom stereocenters. The minimum absolute atomic E-state index is 0.230. The number of aliphatic hydroxyl groups is 1. The molecule has 3 aromatic carbocycles. The minimum atomic E-state index is -0.897. The number of anilines is 1. The average molecular weight is 479 g/mol. The predicted octanol–water partition coefficient (Wildman–Crippen LogP) is 5.50. The Kier molecular flexibility index (Phi) is 6.14. The predicted molar refractivity (Wildman–Crippen MR) is 142 cm³/mol. The van der Waals surface area contributed by atoms with Crippen molar-refractivity contribution in [3.05, 3.63) is 119 Å². The van der Waals surface area contributed by atoms with Crippen LogP contribution in [-0.4, -0.2) is 25.5 Å². The highest BCUT2D eigenvalue weighted by atomic mass is 16.5. The van der Waals surface area contributed by atoms with Gasteiger partial charge < -0.3 is 15.2 Å². The van der Waals surface area contributed by atoms with Crippen LogP contribution in [0, 0.1) is 13.8 Å². The lowest BCUT2D eigenvalue weighted by Gasteiger charge is -2.12. The first kappa shape index (κ1) is 23.1. The molecule has 7 heteroatoms. The van der Waals surface area contributed by atoms with Crippen LogP contribution in [0.1, 0.15) is 11.1 Å². The molecule has 2 aromatic heterocycles. The van der Waals surface area contributed by atoms with E-state index in [-0.39, 0.29) is 5.69 Å². The first-order valence-electron chi connectivity index (χ1n) is 11.6. The smallest absolute Gasteiger partial charge is 0.338 e. The second-order valence-electron chi connectivity index (χ2n) is 8.56. The molecule has 0 spiro atoms. The fourth-order valence-electron chi connectivity index (χ4n) is 4.20. The van der Waals surface area contributed by atoms with E-state index in [2.05, 4.69) is 16.9 Å². The molecular formula is C29H26N4O3. The van der Waals surface area contributed by atoms with Gasteiger partial charge in [-0.2, -0.15) is 0 Å². The summed E-state index contributed by atoms with van der Waals surface area (Å²) in [4.78, 5) is 18.0. The van der Waals surface area contributed by atoms with Gasteiger partial charge >= 0.3 is 5.69 Å². The molecule has 7 nitrogen and oxygen atoms in total. The summed E-state index contributed by atoms with van der Waals surface area (Å²) in [6, 6.07) is 22.7. The monoisotopic (exact) mass is 478 g/mol. The Morgan fingerprint density at radius 1 is 0.972 bits per heavy atom. The van der Waals surface area contributed by atoms with Crippen LogP contribution in [0.25, 0.3) is 22.4 Å². The van der Waals surface area contributed by atoms with Gasteiger partial charge in [-0.25, -0.2) is 4.79 Å². The van der Waals surface area contributed by atoms with Gasteiger partial charge in [-0.3, -0.25) is 14.1 Å². The maximum atomic E-state index is 13.8. The zero-order valence-electron chi connectivity index (χ0n) is 20.1. The molecule has 5 aromatic rings. The molecule has 1 unspecified atom stereocenters. The number of hydrogen-bond donors (Lipinski definition) is 2. The van der Waals surface area contributed by atoms with E-state index in [4.69, 9.17) is 4.74 Å². The second-order valence-corrected chi connectivity index (χ2v) is 8.56. The van der Waals surface area contributed by atoms with Crippen molar-refractivity contribution in [1.29, 1.82) is 0 Å². The third-order valence-electron chi connectivity index (χ3n) is 5.92. The van der Waals surface area contributed by atoms with Gasteiger partial charge in [0.2, 0.25) is 0 Å². The zero-order chi connectivity index (χ0) is 25.2. The molecule has 0 aliphatic heterocycles. The van der Waals surface area contributed by atoms with Crippen LogP contribution in [0.2, 0.25) is 0 Å². The second kappa shape index (κ2) is 9.56. The van der Waals surface area contributed by atoms with Crippen molar-refractivity contribution in [2.24, 2.45) is 0 Å². The first-order chi connectivity index (χ1) is 17.4. The van der Waals surface area contributed by atoms with E-state index < -0.39 is 6.23 Å². The molecule has 2 N–H and O–H groups in total. The van der Waals surface area contributed by atoms with Crippen LogP contribution in [0.5, 0.6) is 11.5 Å². The SMILES string of the molecule is C=CC(O)Nc1cccc(-n2c(=O)n(-c3ccc(Oc4cccc(C)c4)c(C)c3)c3cnccc32)c1. The molecule has 0 bridgehead atoms. The van der Waals surface area contributed by atoms with Gasteiger partial charge in [0.1, 0.15) is 17.7 Å². The standard InChI is InChI=1S/C29H26N4O3/c1-4-28(34)31-21-8-6-9-22(17-21)32-25-13-14-30-18-26(25)33(29(32)35)23-11-12-27(20(3)16-23)36-24-10-5-7-19(2)15-24/h4-18,28,31,34H,1H2,2-3H3. The van der Waals surface area contributed by atoms with Gasteiger partial charge in [0, 0.05) is 11.9 Å². The summed E-state index contributed by atoms with van der Waals surface area (Å²) in [6.07, 6.45) is 3.84. The molecule has 180 valence electrons. The fourth-order valence-corrected chi connectivity index (χ4v) is 4.20. The first-order valence-corrected chi connectivity index (χ1v) is 11.6. The molecule has 0 aliphatic rings. The van der Waals surface area contributed by atoms with Gasteiger partial charge in [0.15, 0.2) is 0 Å². The summed E-state index contributed by atoms with van der Waals surface area (Å²) in [7, 11) is 0. The molecule has 2 heterocycles. The molecular weight excluding hydrogens is 452 g/mol. The zero-order valence-corrected chi connectivity index (χ0v) is 20.1. The third-order valence-corrected chi connectivity index (χ3v) is 5.92. The van der Waals surface area contributed by atoms with Crippen LogP contribution in [0.4, 0.5) is 5.69 Å². The summed E-state index contributed by atoms with van der Waals surface area (Å²) >= 11 is 0. The normalized spacial score (nSPS) is 11.9. The Balaban J connectivity index is 1.59. The fraction of sp³-hybridized carbons (Fsp3) is 0.103. The number of aromatic nitrogens is 3. The summed E-state index contributed by atoms with van der Waals surface area (Å²) in [6.45, 7) is 7.56. The van der Waals surface area contributed by atoms with Crippen molar-refractivity contribution in [3.8, 4) is 22.9 Å². The number of pyridine rings is 1. The highest BCUT2D eigenvalue weighted by Gasteiger charge is 2.17. The molecule has 0 fully saturated rings. The van der Waals surface area contributed by atoms with E-state index in [0.717, 1.165) is 22.6 Å². The lowest BCUT2D eigenvalue weighted by molar-refractivity contribution is 0.253. The van der Waals surface area contributed by atoms with Crippen molar-refractivity contribution in [2.45, 2.75) is 20.1 Å². The Bertz CT molecular complexity index is 1630. The van der Waals surface area contributed by atoms with E-state index >= 15 is 0 Å². The van der Waals surface area contributed by atoms with Crippen LogP contribution >= 0.6 is 0 Å². The Labute approximate surface area is 208 Å². The topological polar surface area (TPSA) is 81.3 Å². The van der Waals surface area contributed by atoms with E-state index in [1.807, 2.05) is 86.6 Å². The van der Waals surface area contributed by atoms with Gasteiger partial charge in [-0.05, 0) is 85.6 Å². The van der Waals surface area contributed by atoms with Crippen molar-refractivity contribution in [2.75, 3.05) is 5.32 Å². The van der Waals surface area contributed by atoms with Gasteiger partial charge in [0.05, 0.1) is 28.6 Å². The van der Waals surface area contributed by atoms with Crippen molar-refractivity contribution in [3.63, 3.8) is 0 Å². The van der Waals surface area contributed by atoms with Crippen LogP contribution in [0.15, 0.2) is 103 Å².